The molecule has 0 heterocycles. The van der Waals surface area contributed by atoms with Crippen molar-refractivity contribution in [3.63, 3.8) is 0 Å². The third kappa shape index (κ3) is 2.80. The highest BCUT2D eigenvalue weighted by molar-refractivity contribution is 5.23. The highest BCUT2D eigenvalue weighted by Gasteiger charge is 2.39. The molecule has 1 aromatic rings. The van der Waals surface area contributed by atoms with Crippen LogP contribution < -0.4 is 10.1 Å². The van der Waals surface area contributed by atoms with E-state index in [1.807, 2.05) is 6.92 Å². The van der Waals surface area contributed by atoms with Crippen LogP contribution in [0.15, 0.2) is 24.3 Å². The van der Waals surface area contributed by atoms with Crippen LogP contribution in [0.3, 0.4) is 0 Å². The van der Waals surface area contributed by atoms with Crippen molar-refractivity contribution in [2.45, 2.75) is 37.8 Å². The molecule has 2 unspecified atom stereocenters. The van der Waals surface area contributed by atoms with Gasteiger partial charge in [0, 0.05) is 6.42 Å². The maximum atomic E-state index is 12.8. The number of nitriles is 1. The van der Waals surface area contributed by atoms with Crippen molar-refractivity contribution in [3.8, 4) is 11.8 Å². The third-order valence-corrected chi connectivity index (χ3v) is 3.31. The second-order valence-corrected chi connectivity index (χ2v) is 4.66. The number of benzene rings is 1. The minimum atomic E-state index is -0.459. The predicted octanol–water partition coefficient (Wildman–Crippen LogP) is 2.63. The van der Waals surface area contributed by atoms with Gasteiger partial charge in [-0.15, -0.1) is 0 Å². The Kier molecular flexibility index (Phi) is 3.83. The molecular formula is C14H17FN2O. The minimum Gasteiger partial charge on any atom is -0.490 e. The van der Waals surface area contributed by atoms with Crippen LogP contribution in [0, 0.1) is 17.1 Å². The van der Waals surface area contributed by atoms with Gasteiger partial charge in [0.2, 0.25) is 0 Å². The van der Waals surface area contributed by atoms with E-state index in [4.69, 9.17) is 4.74 Å². The molecule has 2 atom stereocenters. The van der Waals surface area contributed by atoms with E-state index in [0.29, 0.717) is 12.2 Å². The minimum absolute atomic E-state index is 0.0224. The average Bonchev–Trinajstić information content (AvgIpc) is 2.77. The smallest absolute Gasteiger partial charge is 0.123 e. The lowest BCUT2D eigenvalue weighted by Gasteiger charge is -2.21. The van der Waals surface area contributed by atoms with E-state index in [9.17, 15) is 9.65 Å². The van der Waals surface area contributed by atoms with Crippen molar-refractivity contribution in [2.75, 3.05) is 6.54 Å². The lowest BCUT2D eigenvalue weighted by molar-refractivity contribution is 0.201. The van der Waals surface area contributed by atoms with Gasteiger partial charge in [0.15, 0.2) is 0 Å². The summed E-state index contributed by atoms with van der Waals surface area (Å²) >= 11 is 0. The van der Waals surface area contributed by atoms with Crippen LogP contribution in [0.2, 0.25) is 0 Å². The Morgan fingerprint density at radius 2 is 2.22 bits per heavy atom. The molecule has 4 heteroatoms. The largest absolute Gasteiger partial charge is 0.490 e. The van der Waals surface area contributed by atoms with E-state index in [1.54, 1.807) is 12.1 Å². The normalized spacial score (nSPS) is 26.8. The lowest BCUT2D eigenvalue weighted by Crippen LogP contribution is -2.42. The quantitative estimate of drug-likeness (QED) is 0.890. The standard InChI is InChI=1S/C14H17FN2O/c1-2-17-14(10-16)8-7-13(9-14)18-12-5-3-11(15)4-6-12/h3-6,13,17H,2,7-9H2,1H3. The van der Waals surface area contributed by atoms with Crippen LogP contribution in [0.25, 0.3) is 0 Å². The first-order valence-corrected chi connectivity index (χ1v) is 6.26. The van der Waals surface area contributed by atoms with Crippen molar-refractivity contribution in [3.05, 3.63) is 30.1 Å². The van der Waals surface area contributed by atoms with Crippen molar-refractivity contribution in [1.29, 1.82) is 5.26 Å². The molecule has 1 aliphatic rings. The van der Waals surface area contributed by atoms with Crippen LogP contribution in [0.1, 0.15) is 26.2 Å². The summed E-state index contributed by atoms with van der Waals surface area (Å²) in [6, 6.07) is 8.35. The van der Waals surface area contributed by atoms with Gasteiger partial charge in [-0.3, -0.25) is 5.32 Å². The van der Waals surface area contributed by atoms with Gasteiger partial charge in [-0.1, -0.05) is 6.92 Å². The number of ether oxygens (including phenoxy) is 1. The lowest BCUT2D eigenvalue weighted by atomic mass is 10.00. The molecule has 0 amide bonds. The van der Waals surface area contributed by atoms with Gasteiger partial charge in [0.25, 0.3) is 0 Å². The third-order valence-electron chi connectivity index (χ3n) is 3.31. The molecule has 18 heavy (non-hydrogen) atoms. The van der Waals surface area contributed by atoms with Gasteiger partial charge in [0.1, 0.15) is 23.2 Å². The molecule has 96 valence electrons. The Morgan fingerprint density at radius 3 is 2.83 bits per heavy atom. The molecule has 1 fully saturated rings. The molecular weight excluding hydrogens is 231 g/mol. The van der Waals surface area contributed by atoms with Gasteiger partial charge in [0.05, 0.1) is 6.07 Å². The summed E-state index contributed by atoms with van der Waals surface area (Å²) in [5, 5.41) is 12.5. The van der Waals surface area contributed by atoms with Crippen LogP contribution in [0.5, 0.6) is 5.75 Å². The van der Waals surface area contributed by atoms with Crippen molar-refractivity contribution in [2.24, 2.45) is 0 Å². The zero-order valence-corrected chi connectivity index (χ0v) is 10.4. The maximum absolute atomic E-state index is 12.8. The maximum Gasteiger partial charge on any atom is 0.123 e. The molecule has 0 aliphatic heterocycles. The fraction of sp³-hybridized carbons (Fsp3) is 0.500. The Balaban J connectivity index is 1.97. The summed E-state index contributed by atoms with van der Waals surface area (Å²) in [4.78, 5) is 0. The van der Waals surface area contributed by atoms with Crippen LogP contribution in [-0.4, -0.2) is 18.2 Å². The Morgan fingerprint density at radius 1 is 1.50 bits per heavy atom. The number of hydrogen-bond acceptors (Lipinski definition) is 3. The summed E-state index contributed by atoms with van der Waals surface area (Å²) in [5.41, 5.74) is -0.459. The van der Waals surface area contributed by atoms with E-state index in [1.165, 1.54) is 12.1 Å². The summed E-state index contributed by atoms with van der Waals surface area (Å²) < 4.78 is 18.5. The molecule has 0 saturated heterocycles. The number of halogens is 1. The van der Waals surface area contributed by atoms with Gasteiger partial charge >= 0.3 is 0 Å². The molecule has 0 aromatic heterocycles. The Labute approximate surface area is 107 Å². The number of rotatable bonds is 4. The zero-order chi connectivity index (χ0) is 13.0. The Bertz CT molecular complexity index is 440. The molecule has 0 radical (unpaired) electrons. The summed E-state index contributed by atoms with van der Waals surface area (Å²) in [6.45, 7) is 2.77. The first-order chi connectivity index (χ1) is 8.67. The number of nitrogens with zero attached hydrogens (tertiary/aromatic N) is 1. The van der Waals surface area contributed by atoms with E-state index in [0.717, 1.165) is 19.4 Å². The molecule has 1 saturated carbocycles. The van der Waals surface area contributed by atoms with E-state index in [2.05, 4.69) is 11.4 Å². The molecule has 2 rings (SSSR count). The van der Waals surface area contributed by atoms with Gasteiger partial charge < -0.3 is 4.74 Å². The number of nitrogens with one attached hydrogen (secondary N) is 1. The van der Waals surface area contributed by atoms with Crippen LogP contribution >= 0.6 is 0 Å². The molecule has 0 spiro atoms. The first kappa shape index (κ1) is 12.8. The molecule has 1 aliphatic carbocycles. The molecule has 1 aromatic carbocycles. The van der Waals surface area contributed by atoms with E-state index >= 15 is 0 Å². The molecule has 0 bridgehead atoms. The van der Waals surface area contributed by atoms with Crippen molar-refractivity contribution >= 4 is 0 Å². The second kappa shape index (κ2) is 5.36. The van der Waals surface area contributed by atoms with Crippen LogP contribution in [0.4, 0.5) is 4.39 Å². The van der Waals surface area contributed by atoms with E-state index < -0.39 is 5.54 Å². The number of hydrogen-bond donors (Lipinski definition) is 1. The zero-order valence-electron chi connectivity index (χ0n) is 10.4. The van der Waals surface area contributed by atoms with Gasteiger partial charge in [-0.25, -0.2) is 4.39 Å². The molecule has 1 N–H and O–H groups in total. The SMILES string of the molecule is CCNC1(C#N)CCC(Oc2ccc(F)cc2)C1. The monoisotopic (exact) mass is 248 g/mol. The van der Waals surface area contributed by atoms with Gasteiger partial charge in [-0.2, -0.15) is 5.26 Å². The molecule has 3 nitrogen and oxygen atoms in total. The highest BCUT2D eigenvalue weighted by Crippen LogP contribution is 2.32. The van der Waals surface area contributed by atoms with E-state index in [-0.39, 0.29) is 11.9 Å². The Hall–Kier alpha value is -1.60. The average molecular weight is 248 g/mol. The fourth-order valence-corrected chi connectivity index (χ4v) is 2.45. The van der Waals surface area contributed by atoms with Gasteiger partial charge in [-0.05, 0) is 43.7 Å². The fourth-order valence-electron chi connectivity index (χ4n) is 2.45. The highest BCUT2D eigenvalue weighted by atomic mass is 19.1. The summed E-state index contributed by atoms with van der Waals surface area (Å²) in [5.74, 6) is 0.388. The summed E-state index contributed by atoms with van der Waals surface area (Å²) in [6.07, 6.45) is 2.34. The van der Waals surface area contributed by atoms with Crippen LogP contribution in [-0.2, 0) is 0 Å². The van der Waals surface area contributed by atoms with Crippen molar-refractivity contribution < 1.29 is 9.13 Å². The second-order valence-electron chi connectivity index (χ2n) is 4.66. The predicted molar refractivity (Wildman–Crippen MR) is 66.7 cm³/mol. The topological polar surface area (TPSA) is 45.0 Å². The summed E-state index contributed by atoms with van der Waals surface area (Å²) in [7, 11) is 0. The first-order valence-electron chi connectivity index (χ1n) is 6.26. The van der Waals surface area contributed by atoms with Crippen molar-refractivity contribution in [1.82, 2.24) is 5.32 Å².